The van der Waals surface area contributed by atoms with E-state index < -0.39 is 0 Å². The SMILES string of the molecule is COc1ccc(-c2c(C)sc(=O)n2CCCCN)cc1. The van der Waals surface area contributed by atoms with E-state index in [0.717, 1.165) is 41.3 Å². The van der Waals surface area contributed by atoms with Gasteiger partial charge < -0.3 is 10.5 Å². The van der Waals surface area contributed by atoms with Crippen molar-refractivity contribution in [2.24, 2.45) is 5.73 Å². The molecule has 0 aliphatic rings. The minimum absolute atomic E-state index is 0.102. The highest BCUT2D eigenvalue weighted by atomic mass is 32.1. The fourth-order valence-corrected chi connectivity index (χ4v) is 3.12. The first-order valence-electron chi connectivity index (χ1n) is 6.72. The van der Waals surface area contributed by atoms with Crippen LogP contribution in [-0.2, 0) is 6.54 Å². The first-order valence-corrected chi connectivity index (χ1v) is 7.53. The van der Waals surface area contributed by atoms with Gasteiger partial charge in [-0.1, -0.05) is 11.3 Å². The van der Waals surface area contributed by atoms with Crippen molar-refractivity contribution in [3.63, 3.8) is 0 Å². The molecule has 5 heteroatoms. The molecule has 0 amide bonds. The maximum absolute atomic E-state index is 12.1. The van der Waals surface area contributed by atoms with E-state index in [1.807, 2.05) is 35.8 Å². The molecule has 1 aromatic heterocycles. The van der Waals surface area contributed by atoms with Gasteiger partial charge in [-0.3, -0.25) is 9.36 Å². The normalized spacial score (nSPS) is 10.8. The zero-order valence-electron chi connectivity index (χ0n) is 11.9. The molecule has 1 heterocycles. The Labute approximate surface area is 122 Å². The van der Waals surface area contributed by atoms with Crippen molar-refractivity contribution >= 4 is 11.3 Å². The van der Waals surface area contributed by atoms with Crippen LogP contribution in [0, 0.1) is 6.92 Å². The standard InChI is InChI=1S/C15H20N2O2S/c1-11-14(12-5-7-13(19-2)8-6-12)17(15(18)20-11)10-4-3-9-16/h5-8H,3-4,9-10,16H2,1-2H3. The van der Waals surface area contributed by atoms with E-state index in [1.54, 1.807) is 7.11 Å². The molecule has 0 atom stereocenters. The molecule has 108 valence electrons. The van der Waals surface area contributed by atoms with Crippen LogP contribution in [0.25, 0.3) is 11.3 Å². The first kappa shape index (κ1) is 14.8. The summed E-state index contributed by atoms with van der Waals surface area (Å²) in [6, 6.07) is 7.82. The molecule has 0 spiro atoms. The number of aryl methyl sites for hydroxylation is 1. The number of nitrogens with two attached hydrogens (primary N) is 1. The molecule has 0 radical (unpaired) electrons. The summed E-state index contributed by atoms with van der Waals surface area (Å²) in [6.07, 6.45) is 1.86. The number of thiazole rings is 1. The van der Waals surface area contributed by atoms with Gasteiger partial charge in [-0.2, -0.15) is 0 Å². The van der Waals surface area contributed by atoms with E-state index in [2.05, 4.69) is 0 Å². The zero-order chi connectivity index (χ0) is 14.5. The number of hydrogen-bond donors (Lipinski definition) is 1. The summed E-state index contributed by atoms with van der Waals surface area (Å²) in [4.78, 5) is 13.2. The summed E-state index contributed by atoms with van der Waals surface area (Å²) in [5, 5.41) is 0. The van der Waals surface area contributed by atoms with Crippen LogP contribution in [0.1, 0.15) is 17.7 Å². The van der Waals surface area contributed by atoms with Crippen molar-refractivity contribution < 1.29 is 4.74 Å². The van der Waals surface area contributed by atoms with Crippen molar-refractivity contribution in [2.45, 2.75) is 26.3 Å². The minimum atomic E-state index is 0.102. The number of unbranched alkanes of at least 4 members (excludes halogenated alkanes) is 1. The molecule has 2 N–H and O–H groups in total. The highest BCUT2D eigenvalue weighted by Gasteiger charge is 2.13. The van der Waals surface area contributed by atoms with E-state index in [0.29, 0.717) is 6.54 Å². The third-order valence-electron chi connectivity index (χ3n) is 3.26. The molecule has 2 rings (SSSR count). The van der Waals surface area contributed by atoms with Crippen molar-refractivity contribution in [1.82, 2.24) is 4.57 Å². The number of ether oxygens (including phenoxy) is 1. The van der Waals surface area contributed by atoms with Crippen LogP contribution in [0.4, 0.5) is 0 Å². The van der Waals surface area contributed by atoms with E-state index in [4.69, 9.17) is 10.5 Å². The fraction of sp³-hybridized carbons (Fsp3) is 0.400. The van der Waals surface area contributed by atoms with Gasteiger partial charge in [-0.25, -0.2) is 0 Å². The molecule has 2 aromatic rings. The van der Waals surface area contributed by atoms with Gasteiger partial charge >= 0.3 is 4.87 Å². The van der Waals surface area contributed by atoms with E-state index >= 15 is 0 Å². The number of hydrogen-bond acceptors (Lipinski definition) is 4. The summed E-state index contributed by atoms with van der Waals surface area (Å²) in [6.45, 7) is 3.38. The second-order valence-corrected chi connectivity index (χ2v) is 5.81. The maximum Gasteiger partial charge on any atom is 0.307 e. The lowest BCUT2D eigenvalue weighted by atomic mass is 10.1. The van der Waals surface area contributed by atoms with Gasteiger partial charge in [-0.15, -0.1) is 0 Å². The Morgan fingerprint density at radius 2 is 1.95 bits per heavy atom. The predicted molar refractivity (Wildman–Crippen MR) is 83.6 cm³/mol. The smallest absolute Gasteiger partial charge is 0.307 e. The second kappa shape index (κ2) is 6.72. The van der Waals surface area contributed by atoms with Gasteiger partial charge in [0.1, 0.15) is 5.75 Å². The molecule has 0 bridgehead atoms. The molecule has 4 nitrogen and oxygen atoms in total. The van der Waals surface area contributed by atoms with E-state index in [1.165, 1.54) is 11.3 Å². The second-order valence-electron chi connectivity index (χ2n) is 4.65. The Kier molecular flexibility index (Phi) is 4.98. The van der Waals surface area contributed by atoms with Gasteiger partial charge in [0.25, 0.3) is 0 Å². The third-order valence-corrected chi connectivity index (χ3v) is 4.16. The van der Waals surface area contributed by atoms with Crippen LogP contribution < -0.4 is 15.3 Å². The summed E-state index contributed by atoms with van der Waals surface area (Å²) in [5.41, 5.74) is 7.58. The lowest BCUT2D eigenvalue weighted by Gasteiger charge is -2.09. The van der Waals surface area contributed by atoms with Crippen LogP contribution in [0.5, 0.6) is 5.75 Å². The summed E-state index contributed by atoms with van der Waals surface area (Å²) in [7, 11) is 1.65. The summed E-state index contributed by atoms with van der Waals surface area (Å²) < 4.78 is 7.03. The number of methoxy groups -OCH3 is 1. The zero-order valence-corrected chi connectivity index (χ0v) is 12.7. The Morgan fingerprint density at radius 1 is 1.25 bits per heavy atom. The average molecular weight is 292 g/mol. The molecule has 0 aliphatic heterocycles. The van der Waals surface area contributed by atoms with Crippen LogP contribution in [-0.4, -0.2) is 18.2 Å². The topological polar surface area (TPSA) is 57.2 Å². The fourth-order valence-electron chi connectivity index (χ4n) is 2.24. The summed E-state index contributed by atoms with van der Waals surface area (Å²) >= 11 is 1.30. The molecule has 0 fully saturated rings. The van der Waals surface area contributed by atoms with Crippen molar-refractivity contribution in [1.29, 1.82) is 0 Å². The summed E-state index contributed by atoms with van der Waals surface area (Å²) in [5.74, 6) is 0.818. The molecule has 1 aromatic carbocycles. The van der Waals surface area contributed by atoms with Crippen LogP contribution in [0.3, 0.4) is 0 Å². The van der Waals surface area contributed by atoms with E-state index in [-0.39, 0.29) is 4.87 Å². The van der Waals surface area contributed by atoms with Crippen LogP contribution in [0.15, 0.2) is 29.1 Å². The lowest BCUT2D eigenvalue weighted by molar-refractivity contribution is 0.415. The molecule has 0 saturated heterocycles. The molecule has 20 heavy (non-hydrogen) atoms. The Morgan fingerprint density at radius 3 is 2.55 bits per heavy atom. The molecular weight excluding hydrogens is 272 g/mol. The highest BCUT2D eigenvalue weighted by molar-refractivity contribution is 7.09. The first-order chi connectivity index (χ1) is 9.67. The molecular formula is C15H20N2O2S. The maximum atomic E-state index is 12.1. The van der Waals surface area contributed by atoms with Gasteiger partial charge in [-0.05, 0) is 56.1 Å². The van der Waals surface area contributed by atoms with Gasteiger partial charge in [0.2, 0.25) is 0 Å². The lowest BCUT2D eigenvalue weighted by Crippen LogP contribution is -2.15. The average Bonchev–Trinajstić information content (AvgIpc) is 2.74. The van der Waals surface area contributed by atoms with Crippen molar-refractivity contribution in [2.75, 3.05) is 13.7 Å². The predicted octanol–water partition coefficient (Wildman–Crippen LogP) is 2.63. The quantitative estimate of drug-likeness (QED) is 0.833. The van der Waals surface area contributed by atoms with Gasteiger partial charge in [0.15, 0.2) is 0 Å². The number of nitrogens with zero attached hydrogens (tertiary/aromatic N) is 1. The molecule has 0 unspecified atom stereocenters. The van der Waals surface area contributed by atoms with Crippen molar-refractivity contribution in [3.05, 3.63) is 38.8 Å². The highest BCUT2D eigenvalue weighted by Crippen LogP contribution is 2.27. The molecule has 0 saturated carbocycles. The monoisotopic (exact) mass is 292 g/mol. The van der Waals surface area contributed by atoms with Gasteiger partial charge in [0, 0.05) is 11.4 Å². The number of benzene rings is 1. The Hall–Kier alpha value is -1.59. The Bertz CT molecular complexity index is 614. The Balaban J connectivity index is 2.36. The van der Waals surface area contributed by atoms with E-state index in [9.17, 15) is 4.79 Å². The number of rotatable bonds is 6. The third kappa shape index (κ3) is 3.11. The largest absolute Gasteiger partial charge is 0.497 e. The minimum Gasteiger partial charge on any atom is -0.497 e. The van der Waals surface area contributed by atoms with Crippen LogP contribution >= 0.6 is 11.3 Å². The van der Waals surface area contributed by atoms with Gasteiger partial charge in [0.05, 0.1) is 12.8 Å². The number of aromatic nitrogens is 1. The van der Waals surface area contributed by atoms with Crippen LogP contribution in [0.2, 0.25) is 0 Å². The van der Waals surface area contributed by atoms with Crippen molar-refractivity contribution in [3.8, 4) is 17.0 Å². The molecule has 0 aliphatic carbocycles.